The van der Waals surface area contributed by atoms with Crippen LogP contribution >= 0.6 is 0 Å². The van der Waals surface area contributed by atoms with Crippen LogP contribution in [0.3, 0.4) is 0 Å². The van der Waals surface area contributed by atoms with Gasteiger partial charge in [0.2, 0.25) is 0 Å². The molecule has 0 aliphatic carbocycles. The molecule has 0 radical (unpaired) electrons. The highest BCUT2D eigenvalue weighted by atomic mass is 16.5. The molecule has 1 fully saturated rings. The SMILES string of the molecule is COc1ccc(C[NH+]2CC[NH+]([C@H](C)C(=O)Nc3c(C)cccc3C(C)C)CC2)cc1. The molecule has 2 aromatic carbocycles. The van der Waals surface area contributed by atoms with Crippen molar-refractivity contribution in [3.8, 4) is 5.75 Å². The van der Waals surface area contributed by atoms with Crippen molar-refractivity contribution in [2.45, 2.75) is 46.2 Å². The van der Waals surface area contributed by atoms with Crippen molar-refractivity contribution in [2.24, 2.45) is 0 Å². The predicted octanol–water partition coefficient (Wildman–Crippen LogP) is 1.44. The van der Waals surface area contributed by atoms with Gasteiger partial charge in [-0.05, 0) is 55.2 Å². The highest BCUT2D eigenvalue weighted by Crippen LogP contribution is 2.27. The largest absolute Gasteiger partial charge is 0.497 e. The number of rotatable bonds is 7. The summed E-state index contributed by atoms with van der Waals surface area (Å²) < 4.78 is 5.24. The average molecular weight is 412 g/mol. The molecule has 1 amide bonds. The Kier molecular flexibility index (Phi) is 7.51. The lowest BCUT2D eigenvalue weighted by Crippen LogP contribution is -3.29. The third kappa shape index (κ3) is 5.41. The number of quaternary nitrogens is 2. The molecule has 2 aromatic rings. The zero-order chi connectivity index (χ0) is 21.7. The van der Waals surface area contributed by atoms with Crippen molar-refractivity contribution in [1.82, 2.24) is 0 Å². The molecule has 3 N–H and O–H groups in total. The number of benzene rings is 2. The van der Waals surface area contributed by atoms with Crippen LogP contribution in [0.5, 0.6) is 5.75 Å². The maximum atomic E-state index is 13.0. The standard InChI is InChI=1S/C25H35N3O2/c1-18(2)23-8-6-7-19(3)24(23)26-25(29)20(4)28-15-13-27(14-16-28)17-21-9-11-22(30-5)12-10-21/h6-12,18,20H,13-17H2,1-5H3,(H,26,29)/p+2/t20-/m1/s1. The van der Waals surface area contributed by atoms with Crippen LogP contribution in [0.2, 0.25) is 0 Å². The molecule has 1 saturated heterocycles. The Morgan fingerprint density at radius 1 is 1.03 bits per heavy atom. The molecule has 5 heteroatoms. The molecule has 1 aliphatic rings. The number of aryl methyl sites for hydroxylation is 1. The molecule has 1 aliphatic heterocycles. The van der Waals surface area contributed by atoms with Crippen molar-refractivity contribution < 1.29 is 19.3 Å². The Morgan fingerprint density at radius 3 is 2.30 bits per heavy atom. The second kappa shape index (κ2) is 10.1. The smallest absolute Gasteiger partial charge is 0.282 e. The van der Waals surface area contributed by atoms with Gasteiger partial charge in [0.05, 0.1) is 7.11 Å². The van der Waals surface area contributed by atoms with Crippen molar-refractivity contribution in [1.29, 1.82) is 0 Å². The lowest BCUT2D eigenvalue weighted by atomic mass is 9.98. The highest BCUT2D eigenvalue weighted by molar-refractivity contribution is 5.95. The van der Waals surface area contributed by atoms with Gasteiger partial charge >= 0.3 is 0 Å². The average Bonchev–Trinajstić information content (AvgIpc) is 2.75. The maximum absolute atomic E-state index is 13.0. The number of carbonyl (C=O) groups is 1. The van der Waals surface area contributed by atoms with E-state index in [1.807, 2.05) is 12.1 Å². The van der Waals surface area contributed by atoms with E-state index in [2.05, 4.69) is 63.3 Å². The van der Waals surface area contributed by atoms with E-state index < -0.39 is 0 Å². The minimum atomic E-state index is -0.0489. The van der Waals surface area contributed by atoms with E-state index in [1.165, 1.54) is 16.0 Å². The van der Waals surface area contributed by atoms with Crippen molar-refractivity contribution in [3.63, 3.8) is 0 Å². The van der Waals surface area contributed by atoms with Crippen LogP contribution in [0.4, 0.5) is 5.69 Å². The van der Waals surface area contributed by atoms with Crippen LogP contribution in [0.1, 0.15) is 43.4 Å². The topological polar surface area (TPSA) is 47.2 Å². The van der Waals surface area contributed by atoms with E-state index in [-0.39, 0.29) is 11.9 Å². The number of hydrogen-bond acceptors (Lipinski definition) is 2. The molecule has 5 nitrogen and oxygen atoms in total. The molecule has 162 valence electrons. The van der Waals surface area contributed by atoms with E-state index in [4.69, 9.17) is 4.74 Å². The van der Waals surface area contributed by atoms with Crippen LogP contribution in [-0.4, -0.2) is 45.2 Å². The van der Waals surface area contributed by atoms with Gasteiger partial charge in [-0.2, -0.15) is 0 Å². The second-order valence-corrected chi connectivity index (χ2v) is 8.84. The maximum Gasteiger partial charge on any atom is 0.282 e. The quantitative estimate of drug-likeness (QED) is 0.646. The fourth-order valence-corrected chi connectivity index (χ4v) is 4.33. The first kappa shape index (κ1) is 22.3. The molecule has 0 saturated carbocycles. The van der Waals surface area contributed by atoms with E-state index in [9.17, 15) is 4.79 Å². The summed E-state index contributed by atoms with van der Waals surface area (Å²) in [5.41, 5.74) is 4.66. The molecule has 0 unspecified atom stereocenters. The molecular formula is C25H37N3O2+2. The molecule has 0 aromatic heterocycles. The number of anilines is 1. The fraction of sp³-hybridized carbons (Fsp3) is 0.480. The van der Waals surface area contributed by atoms with Gasteiger partial charge in [0.15, 0.2) is 6.04 Å². The lowest BCUT2D eigenvalue weighted by molar-refractivity contribution is -1.02. The summed E-state index contributed by atoms with van der Waals surface area (Å²) in [6.45, 7) is 13.7. The van der Waals surface area contributed by atoms with Gasteiger partial charge in [0.1, 0.15) is 38.5 Å². The normalized spacial score (nSPS) is 20.1. The molecule has 0 spiro atoms. The molecule has 1 atom stereocenters. The monoisotopic (exact) mass is 411 g/mol. The summed E-state index contributed by atoms with van der Waals surface area (Å²) in [6, 6.07) is 14.6. The molecule has 1 heterocycles. The van der Waals surface area contributed by atoms with Gasteiger partial charge in [0, 0.05) is 11.3 Å². The number of methoxy groups -OCH3 is 1. The molecule has 30 heavy (non-hydrogen) atoms. The molecule has 0 bridgehead atoms. The van der Waals surface area contributed by atoms with E-state index in [0.29, 0.717) is 5.92 Å². The first-order chi connectivity index (χ1) is 14.4. The van der Waals surface area contributed by atoms with Gasteiger partial charge < -0.3 is 19.9 Å². The van der Waals surface area contributed by atoms with E-state index in [1.54, 1.807) is 12.0 Å². The van der Waals surface area contributed by atoms with Gasteiger partial charge in [0.25, 0.3) is 5.91 Å². The Bertz CT molecular complexity index is 840. The Balaban J connectivity index is 1.54. The summed E-state index contributed by atoms with van der Waals surface area (Å²) in [6.07, 6.45) is 0. The zero-order valence-electron chi connectivity index (χ0n) is 19.0. The number of para-hydroxylation sites is 1. The summed E-state index contributed by atoms with van der Waals surface area (Å²) >= 11 is 0. The number of hydrogen-bond donors (Lipinski definition) is 3. The predicted molar refractivity (Wildman–Crippen MR) is 121 cm³/mol. The van der Waals surface area contributed by atoms with Crippen LogP contribution in [0.15, 0.2) is 42.5 Å². The highest BCUT2D eigenvalue weighted by Gasteiger charge is 2.31. The van der Waals surface area contributed by atoms with Crippen molar-refractivity contribution in [3.05, 3.63) is 59.2 Å². The molecular weight excluding hydrogens is 374 g/mol. The number of ether oxygens (including phenoxy) is 1. The number of carbonyl (C=O) groups excluding carboxylic acids is 1. The Morgan fingerprint density at radius 2 is 1.70 bits per heavy atom. The summed E-state index contributed by atoms with van der Waals surface area (Å²) in [5, 5.41) is 3.24. The van der Waals surface area contributed by atoms with Crippen LogP contribution in [-0.2, 0) is 11.3 Å². The number of nitrogens with one attached hydrogen (secondary N) is 3. The zero-order valence-corrected chi connectivity index (χ0v) is 19.0. The van der Waals surface area contributed by atoms with Crippen molar-refractivity contribution in [2.75, 3.05) is 38.6 Å². The Hall–Kier alpha value is -2.37. The minimum absolute atomic E-state index is 0.0489. The first-order valence-corrected chi connectivity index (χ1v) is 11.1. The lowest BCUT2D eigenvalue weighted by Gasteiger charge is -2.33. The van der Waals surface area contributed by atoms with Gasteiger partial charge in [-0.3, -0.25) is 4.79 Å². The van der Waals surface area contributed by atoms with Gasteiger partial charge in [-0.25, -0.2) is 0 Å². The molecule has 3 rings (SSSR count). The Labute approximate surface area is 181 Å². The van der Waals surface area contributed by atoms with Crippen molar-refractivity contribution >= 4 is 11.6 Å². The first-order valence-electron chi connectivity index (χ1n) is 11.1. The second-order valence-electron chi connectivity index (χ2n) is 8.84. The summed E-state index contributed by atoms with van der Waals surface area (Å²) in [5.74, 6) is 1.41. The fourth-order valence-electron chi connectivity index (χ4n) is 4.33. The van der Waals surface area contributed by atoms with E-state index in [0.717, 1.165) is 49.7 Å². The van der Waals surface area contributed by atoms with Gasteiger partial charge in [-0.15, -0.1) is 0 Å². The minimum Gasteiger partial charge on any atom is -0.497 e. The van der Waals surface area contributed by atoms with E-state index >= 15 is 0 Å². The third-order valence-electron chi connectivity index (χ3n) is 6.39. The number of piperazine rings is 1. The summed E-state index contributed by atoms with van der Waals surface area (Å²) in [7, 11) is 1.70. The van der Waals surface area contributed by atoms with Gasteiger partial charge in [-0.1, -0.05) is 32.0 Å². The third-order valence-corrected chi connectivity index (χ3v) is 6.39. The van der Waals surface area contributed by atoms with Crippen LogP contribution in [0.25, 0.3) is 0 Å². The number of amides is 1. The van der Waals surface area contributed by atoms with Crippen LogP contribution < -0.4 is 19.9 Å². The summed E-state index contributed by atoms with van der Waals surface area (Å²) in [4.78, 5) is 16.0. The van der Waals surface area contributed by atoms with Crippen LogP contribution in [0, 0.1) is 6.92 Å².